The summed E-state index contributed by atoms with van der Waals surface area (Å²) >= 11 is 1.47. The van der Waals surface area contributed by atoms with E-state index >= 15 is 0 Å². The van der Waals surface area contributed by atoms with Gasteiger partial charge in [-0.25, -0.2) is 9.97 Å². The molecule has 2 aromatic heterocycles. The summed E-state index contributed by atoms with van der Waals surface area (Å²) in [5.74, 6) is 0.756. The lowest BCUT2D eigenvalue weighted by atomic mass is 10.1. The van der Waals surface area contributed by atoms with Crippen molar-refractivity contribution in [1.29, 1.82) is 0 Å². The van der Waals surface area contributed by atoms with Crippen LogP contribution in [0, 0.1) is 0 Å². The van der Waals surface area contributed by atoms with Gasteiger partial charge < -0.3 is 25.9 Å². The number of aromatic nitrogens is 4. The number of carbonyl (C=O) groups is 1. The molecule has 1 atom stereocenters. The molecule has 0 saturated heterocycles. The lowest BCUT2D eigenvalue weighted by Crippen LogP contribution is -2.36. The number of benzene rings is 1. The summed E-state index contributed by atoms with van der Waals surface area (Å²) in [5, 5.41) is 13.3. The van der Waals surface area contributed by atoms with Gasteiger partial charge in [-0.2, -0.15) is 4.98 Å². The molecular weight excluding hydrogens is 368 g/mol. The fraction of sp³-hybridized carbons (Fsp3) is 0.294. The Bertz CT molecular complexity index is 961. The van der Waals surface area contributed by atoms with Crippen LogP contribution < -0.4 is 15.8 Å². The molecule has 0 aliphatic rings. The Labute approximate surface area is 159 Å². The number of imidazole rings is 1. The summed E-state index contributed by atoms with van der Waals surface area (Å²) in [4.78, 5) is 27.9. The van der Waals surface area contributed by atoms with Crippen LogP contribution in [-0.4, -0.2) is 49.9 Å². The van der Waals surface area contributed by atoms with Crippen LogP contribution >= 0.6 is 11.8 Å². The summed E-state index contributed by atoms with van der Waals surface area (Å²) in [6.45, 7) is 1.99. The fourth-order valence-electron chi connectivity index (χ4n) is 2.46. The first-order valence-corrected chi connectivity index (χ1v) is 9.27. The van der Waals surface area contributed by atoms with Gasteiger partial charge in [0.1, 0.15) is 10.5 Å². The Balaban J connectivity index is 1.68. The average molecular weight is 388 g/mol. The number of thioether (sulfide) groups is 1. The predicted molar refractivity (Wildman–Crippen MR) is 103 cm³/mol. The van der Waals surface area contributed by atoms with Crippen LogP contribution in [0.2, 0.25) is 0 Å². The molecule has 27 heavy (non-hydrogen) atoms. The Morgan fingerprint density at radius 1 is 1.44 bits per heavy atom. The van der Waals surface area contributed by atoms with Crippen molar-refractivity contribution in [2.75, 3.05) is 18.6 Å². The van der Waals surface area contributed by atoms with Crippen molar-refractivity contribution in [3.05, 3.63) is 30.1 Å². The Kier molecular flexibility index (Phi) is 5.65. The molecule has 3 aromatic rings. The number of carbonyl (C=O) groups excluding carboxylic acids is 1. The molecule has 0 unspecified atom stereocenters. The highest BCUT2D eigenvalue weighted by atomic mass is 32.2. The molecule has 0 saturated carbocycles. The van der Waals surface area contributed by atoms with Gasteiger partial charge in [0.05, 0.1) is 13.4 Å². The molecule has 3 rings (SSSR count). The minimum Gasteiger partial charge on any atom is -0.504 e. The van der Waals surface area contributed by atoms with Gasteiger partial charge in [0.25, 0.3) is 5.91 Å². The smallest absolute Gasteiger partial charge is 0.251 e. The average Bonchev–Trinajstić information content (AvgIpc) is 3.13. The SMILES string of the molecule is CC[C@@H](CSc1nc(N)nc2nc[nH]c12)NC(=O)c1ccc(O)c(OC)c1. The minimum absolute atomic E-state index is 0.0124. The molecule has 9 nitrogen and oxygen atoms in total. The molecule has 0 spiro atoms. The summed E-state index contributed by atoms with van der Waals surface area (Å²) < 4.78 is 5.05. The maximum absolute atomic E-state index is 12.5. The van der Waals surface area contributed by atoms with E-state index in [2.05, 4.69) is 25.3 Å². The number of aromatic amines is 1. The van der Waals surface area contributed by atoms with Crippen molar-refractivity contribution < 1.29 is 14.6 Å². The van der Waals surface area contributed by atoms with Crippen molar-refractivity contribution in [1.82, 2.24) is 25.3 Å². The van der Waals surface area contributed by atoms with E-state index in [-0.39, 0.29) is 29.4 Å². The van der Waals surface area contributed by atoms with Gasteiger partial charge in [-0.3, -0.25) is 4.79 Å². The molecule has 0 radical (unpaired) electrons. The number of ether oxygens (including phenoxy) is 1. The lowest BCUT2D eigenvalue weighted by molar-refractivity contribution is 0.0939. The number of aromatic hydroxyl groups is 1. The van der Waals surface area contributed by atoms with Crippen molar-refractivity contribution in [2.45, 2.75) is 24.4 Å². The van der Waals surface area contributed by atoms with Crippen molar-refractivity contribution >= 4 is 34.8 Å². The van der Waals surface area contributed by atoms with E-state index in [0.717, 1.165) is 11.9 Å². The second-order valence-electron chi connectivity index (χ2n) is 5.76. The van der Waals surface area contributed by atoms with Crippen LogP contribution in [0.1, 0.15) is 23.7 Å². The maximum atomic E-state index is 12.5. The molecule has 0 aliphatic heterocycles. The van der Waals surface area contributed by atoms with Crippen LogP contribution in [-0.2, 0) is 0 Å². The molecule has 1 amide bonds. The van der Waals surface area contributed by atoms with E-state index in [1.54, 1.807) is 12.4 Å². The number of hydrogen-bond donors (Lipinski definition) is 4. The molecule has 1 aromatic carbocycles. The number of rotatable bonds is 7. The molecule has 0 bridgehead atoms. The van der Waals surface area contributed by atoms with Gasteiger partial charge in [0.15, 0.2) is 17.1 Å². The van der Waals surface area contributed by atoms with Crippen molar-refractivity contribution in [3.63, 3.8) is 0 Å². The van der Waals surface area contributed by atoms with Crippen LogP contribution in [0.25, 0.3) is 11.2 Å². The van der Waals surface area contributed by atoms with Gasteiger partial charge in [-0.1, -0.05) is 6.92 Å². The monoisotopic (exact) mass is 388 g/mol. The molecule has 0 aliphatic carbocycles. The van der Waals surface area contributed by atoms with Gasteiger partial charge in [0, 0.05) is 17.4 Å². The number of fused-ring (bicyclic) bond motifs is 1. The highest BCUT2D eigenvalue weighted by Gasteiger charge is 2.16. The predicted octanol–water partition coefficient (Wildman–Crippen LogP) is 1.95. The van der Waals surface area contributed by atoms with Gasteiger partial charge in [0.2, 0.25) is 5.95 Å². The summed E-state index contributed by atoms with van der Waals surface area (Å²) in [6, 6.07) is 4.40. The van der Waals surface area contributed by atoms with Gasteiger partial charge in [-0.15, -0.1) is 11.8 Å². The molecule has 142 valence electrons. The topological polar surface area (TPSA) is 139 Å². The van der Waals surface area contributed by atoms with E-state index in [1.807, 2.05) is 6.92 Å². The van der Waals surface area contributed by atoms with Crippen LogP contribution in [0.15, 0.2) is 29.6 Å². The zero-order valence-electron chi connectivity index (χ0n) is 14.9. The second-order valence-corrected chi connectivity index (χ2v) is 6.77. The normalized spacial score (nSPS) is 12.1. The molecule has 0 fully saturated rings. The Morgan fingerprint density at radius 3 is 3.00 bits per heavy atom. The first-order chi connectivity index (χ1) is 13.0. The summed E-state index contributed by atoms with van der Waals surface area (Å²) in [5.41, 5.74) is 7.37. The first-order valence-electron chi connectivity index (χ1n) is 8.29. The summed E-state index contributed by atoms with van der Waals surface area (Å²) in [7, 11) is 1.44. The number of nitrogens with two attached hydrogens (primary N) is 1. The Hall–Kier alpha value is -3.01. The summed E-state index contributed by atoms with van der Waals surface area (Å²) in [6.07, 6.45) is 2.28. The number of nitrogens with one attached hydrogen (secondary N) is 2. The van der Waals surface area contributed by atoms with Crippen LogP contribution in [0.5, 0.6) is 11.5 Å². The molecule has 2 heterocycles. The first kappa shape index (κ1) is 18.8. The minimum atomic E-state index is -0.241. The van der Waals surface area contributed by atoms with Gasteiger partial charge >= 0.3 is 0 Å². The zero-order valence-corrected chi connectivity index (χ0v) is 15.7. The van der Waals surface area contributed by atoms with Gasteiger partial charge in [-0.05, 0) is 24.6 Å². The van der Waals surface area contributed by atoms with Crippen molar-refractivity contribution in [2.24, 2.45) is 0 Å². The van der Waals surface area contributed by atoms with E-state index in [9.17, 15) is 9.90 Å². The fourth-order valence-corrected chi connectivity index (χ4v) is 3.59. The number of nitrogen functional groups attached to an aromatic ring is 1. The maximum Gasteiger partial charge on any atom is 0.251 e. The highest BCUT2D eigenvalue weighted by molar-refractivity contribution is 7.99. The largest absolute Gasteiger partial charge is 0.504 e. The number of phenols is 1. The molecule has 10 heteroatoms. The van der Waals surface area contributed by atoms with Crippen LogP contribution in [0.3, 0.4) is 0 Å². The van der Waals surface area contributed by atoms with E-state index in [4.69, 9.17) is 10.5 Å². The number of H-pyrrole nitrogens is 1. The molecule has 5 N–H and O–H groups in total. The third kappa shape index (κ3) is 4.22. The third-order valence-corrected chi connectivity index (χ3v) is 5.10. The molecular formula is C17H20N6O3S. The number of hydrogen-bond acceptors (Lipinski definition) is 8. The third-order valence-electron chi connectivity index (χ3n) is 3.96. The van der Waals surface area contributed by atoms with E-state index < -0.39 is 0 Å². The highest BCUT2D eigenvalue weighted by Crippen LogP contribution is 2.27. The zero-order chi connectivity index (χ0) is 19.4. The Morgan fingerprint density at radius 2 is 2.26 bits per heavy atom. The number of methoxy groups -OCH3 is 1. The van der Waals surface area contributed by atoms with Crippen molar-refractivity contribution in [3.8, 4) is 11.5 Å². The number of nitrogens with zero attached hydrogens (tertiary/aromatic N) is 3. The quantitative estimate of drug-likeness (QED) is 0.356. The standard InChI is InChI=1S/C17H20N6O3S/c1-3-10(21-15(25)9-4-5-11(24)12(6-9)26-2)7-27-16-13-14(20-8-19-13)22-17(18)23-16/h4-6,8,10,24H,3,7H2,1-2H3,(H,21,25)(H3,18,19,20,22,23)/t10-/m0/s1. The van der Waals surface area contributed by atoms with E-state index in [0.29, 0.717) is 22.0 Å². The lowest BCUT2D eigenvalue weighted by Gasteiger charge is -2.17. The number of amides is 1. The number of phenolic OH excluding ortho intramolecular Hbond substituents is 1. The second kappa shape index (κ2) is 8.12. The number of anilines is 1. The van der Waals surface area contributed by atoms with E-state index in [1.165, 1.54) is 31.0 Å². The van der Waals surface area contributed by atoms with Crippen LogP contribution in [0.4, 0.5) is 5.95 Å².